The van der Waals surface area contributed by atoms with Gasteiger partial charge in [0.1, 0.15) is 0 Å². The van der Waals surface area contributed by atoms with Gasteiger partial charge in [0.2, 0.25) is 5.82 Å². The van der Waals surface area contributed by atoms with Crippen LogP contribution in [-0.2, 0) is 0 Å². The SMILES string of the molecule is CCN(CC)c1nnc(-c2ccc(Cl)cc2)nn1. The highest BCUT2D eigenvalue weighted by atomic mass is 35.5. The summed E-state index contributed by atoms with van der Waals surface area (Å²) in [6, 6.07) is 7.27. The van der Waals surface area contributed by atoms with E-state index in [1.54, 1.807) is 12.1 Å². The summed E-state index contributed by atoms with van der Waals surface area (Å²) >= 11 is 5.82. The lowest BCUT2D eigenvalue weighted by molar-refractivity contribution is 0.759. The van der Waals surface area contributed by atoms with Gasteiger partial charge in [0.15, 0.2) is 0 Å². The normalized spacial score (nSPS) is 10.4. The van der Waals surface area contributed by atoms with Crippen LogP contribution < -0.4 is 4.90 Å². The van der Waals surface area contributed by atoms with Crippen LogP contribution in [0.4, 0.5) is 5.95 Å². The van der Waals surface area contributed by atoms with Gasteiger partial charge in [-0.05, 0) is 38.1 Å². The molecule has 18 heavy (non-hydrogen) atoms. The molecule has 5 nitrogen and oxygen atoms in total. The molecular formula is C12H14ClN5. The van der Waals surface area contributed by atoms with Crippen LogP contribution >= 0.6 is 11.6 Å². The molecule has 0 amide bonds. The van der Waals surface area contributed by atoms with E-state index in [1.165, 1.54) is 0 Å². The van der Waals surface area contributed by atoms with Gasteiger partial charge in [-0.3, -0.25) is 0 Å². The zero-order chi connectivity index (χ0) is 13.0. The van der Waals surface area contributed by atoms with E-state index in [0.717, 1.165) is 18.7 Å². The molecule has 0 fully saturated rings. The van der Waals surface area contributed by atoms with Gasteiger partial charge in [0.05, 0.1) is 0 Å². The summed E-state index contributed by atoms with van der Waals surface area (Å²) in [5, 5.41) is 17.0. The van der Waals surface area contributed by atoms with E-state index in [1.807, 2.05) is 30.9 Å². The predicted molar refractivity (Wildman–Crippen MR) is 71.6 cm³/mol. The van der Waals surface area contributed by atoms with Gasteiger partial charge in [0.25, 0.3) is 5.95 Å². The maximum absolute atomic E-state index is 5.82. The first-order valence-electron chi connectivity index (χ1n) is 5.83. The van der Waals surface area contributed by atoms with Crippen molar-refractivity contribution in [3.05, 3.63) is 29.3 Å². The van der Waals surface area contributed by atoms with Crippen molar-refractivity contribution in [3.8, 4) is 11.4 Å². The summed E-state index contributed by atoms with van der Waals surface area (Å²) in [6.07, 6.45) is 0. The van der Waals surface area contributed by atoms with Gasteiger partial charge in [-0.2, -0.15) is 0 Å². The third kappa shape index (κ3) is 2.73. The van der Waals surface area contributed by atoms with Crippen molar-refractivity contribution in [2.45, 2.75) is 13.8 Å². The lowest BCUT2D eigenvalue weighted by Crippen LogP contribution is -2.25. The second-order valence-electron chi connectivity index (χ2n) is 3.70. The van der Waals surface area contributed by atoms with Crippen LogP contribution in [0.1, 0.15) is 13.8 Å². The lowest BCUT2D eigenvalue weighted by Gasteiger charge is -2.16. The Labute approximate surface area is 111 Å². The molecule has 0 aliphatic heterocycles. The van der Waals surface area contributed by atoms with E-state index in [4.69, 9.17) is 11.6 Å². The maximum atomic E-state index is 5.82. The number of hydrogen-bond acceptors (Lipinski definition) is 5. The summed E-state index contributed by atoms with van der Waals surface area (Å²) in [5.41, 5.74) is 0.852. The third-order valence-electron chi connectivity index (χ3n) is 2.62. The van der Waals surface area contributed by atoms with Crippen LogP contribution in [0.2, 0.25) is 5.02 Å². The molecule has 1 heterocycles. The highest BCUT2D eigenvalue weighted by molar-refractivity contribution is 6.30. The zero-order valence-corrected chi connectivity index (χ0v) is 11.1. The molecule has 1 aromatic carbocycles. The molecule has 0 aliphatic rings. The Morgan fingerprint density at radius 2 is 1.50 bits per heavy atom. The third-order valence-corrected chi connectivity index (χ3v) is 2.87. The topological polar surface area (TPSA) is 54.8 Å². The van der Waals surface area contributed by atoms with E-state index in [0.29, 0.717) is 16.8 Å². The highest BCUT2D eigenvalue weighted by Gasteiger charge is 2.08. The van der Waals surface area contributed by atoms with Crippen molar-refractivity contribution < 1.29 is 0 Å². The molecule has 2 rings (SSSR count). The number of nitrogens with zero attached hydrogens (tertiary/aromatic N) is 5. The van der Waals surface area contributed by atoms with E-state index < -0.39 is 0 Å². The smallest absolute Gasteiger partial charge is 0.264 e. The number of rotatable bonds is 4. The van der Waals surface area contributed by atoms with Crippen molar-refractivity contribution in [1.82, 2.24) is 20.4 Å². The van der Waals surface area contributed by atoms with Gasteiger partial charge >= 0.3 is 0 Å². The minimum atomic E-state index is 0.502. The van der Waals surface area contributed by atoms with Crippen molar-refractivity contribution in [1.29, 1.82) is 0 Å². The Kier molecular flexibility index (Phi) is 4.04. The number of hydrogen-bond donors (Lipinski definition) is 0. The monoisotopic (exact) mass is 263 g/mol. The van der Waals surface area contributed by atoms with Crippen LogP contribution in [0.15, 0.2) is 24.3 Å². The van der Waals surface area contributed by atoms with Crippen LogP contribution in [0.25, 0.3) is 11.4 Å². The molecule has 2 aromatic rings. The summed E-state index contributed by atoms with van der Waals surface area (Å²) in [7, 11) is 0. The maximum Gasteiger partial charge on any atom is 0.264 e. The minimum absolute atomic E-state index is 0.502. The van der Waals surface area contributed by atoms with Gasteiger partial charge < -0.3 is 4.90 Å². The molecule has 6 heteroatoms. The Hall–Kier alpha value is -1.75. The molecule has 0 spiro atoms. The predicted octanol–water partition coefficient (Wildman–Crippen LogP) is 2.43. The fourth-order valence-corrected chi connectivity index (χ4v) is 1.70. The number of aromatic nitrogens is 4. The number of anilines is 1. The second kappa shape index (κ2) is 5.73. The van der Waals surface area contributed by atoms with E-state index in [9.17, 15) is 0 Å². The molecule has 0 N–H and O–H groups in total. The quantitative estimate of drug-likeness (QED) is 0.848. The minimum Gasteiger partial charge on any atom is -0.339 e. The molecule has 0 saturated heterocycles. The second-order valence-corrected chi connectivity index (χ2v) is 4.14. The average molecular weight is 264 g/mol. The average Bonchev–Trinajstić information content (AvgIpc) is 2.42. The first-order valence-corrected chi connectivity index (χ1v) is 6.20. The Balaban J connectivity index is 2.24. The summed E-state index contributed by atoms with van der Waals surface area (Å²) in [5.74, 6) is 1.06. The van der Waals surface area contributed by atoms with Crippen molar-refractivity contribution in [2.75, 3.05) is 18.0 Å². The number of benzene rings is 1. The molecule has 0 unspecified atom stereocenters. The van der Waals surface area contributed by atoms with Gasteiger partial charge in [-0.1, -0.05) is 11.6 Å². The van der Waals surface area contributed by atoms with Crippen LogP contribution in [0.3, 0.4) is 0 Å². The van der Waals surface area contributed by atoms with E-state index in [-0.39, 0.29) is 0 Å². The fourth-order valence-electron chi connectivity index (χ4n) is 1.57. The van der Waals surface area contributed by atoms with Gasteiger partial charge in [0, 0.05) is 23.7 Å². The van der Waals surface area contributed by atoms with Crippen molar-refractivity contribution >= 4 is 17.5 Å². The first-order chi connectivity index (χ1) is 8.74. The van der Waals surface area contributed by atoms with Crippen molar-refractivity contribution in [3.63, 3.8) is 0 Å². The molecule has 1 aromatic heterocycles. The molecule has 0 saturated carbocycles. The highest BCUT2D eigenvalue weighted by Crippen LogP contribution is 2.17. The standard InChI is InChI=1S/C12H14ClN5/c1-3-18(4-2)12-16-14-11(15-17-12)9-5-7-10(13)8-6-9/h5-8H,3-4H2,1-2H3. The summed E-state index contributed by atoms with van der Waals surface area (Å²) in [4.78, 5) is 1.99. The van der Waals surface area contributed by atoms with E-state index >= 15 is 0 Å². The Morgan fingerprint density at radius 1 is 0.944 bits per heavy atom. The Bertz CT molecular complexity index is 493. The van der Waals surface area contributed by atoms with Crippen molar-refractivity contribution in [2.24, 2.45) is 0 Å². The molecule has 0 atom stereocenters. The van der Waals surface area contributed by atoms with Crippen LogP contribution in [-0.4, -0.2) is 33.5 Å². The Morgan fingerprint density at radius 3 is 2.00 bits per heavy atom. The largest absolute Gasteiger partial charge is 0.339 e. The van der Waals surface area contributed by atoms with Crippen LogP contribution in [0, 0.1) is 0 Å². The molecule has 0 bridgehead atoms. The fraction of sp³-hybridized carbons (Fsp3) is 0.333. The summed E-state index contributed by atoms with van der Waals surface area (Å²) in [6.45, 7) is 5.75. The molecule has 0 radical (unpaired) electrons. The lowest BCUT2D eigenvalue weighted by atomic mass is 10.2. The van der Waals surface area contributed by atoms with E-state index in [2.05, 4.69) is 20.4 Å². The summed E-state index contributed by atoms with van der Waals surface area (Å²) < 4.78 is 0. The number of halogens is 1. The van der Waals surface area contributed by atoms with Crippen LogP contribution in [0.5, 0.6) is 0 Å². The van der Waals surface area contributed by atoms with Gasteiger partial charge in [-0.15, -0.1) is 20.4 Å². The zero-order valence-electron chi connectivity index (χ0n) is 10.3. The molecule has 94 valence electrons. The molecular weight excluding hydrogens is 250 g/mol. The first kappa shape index (κ1) is 12.7. The van der Waals surface area contributed by atoms with Gasteiger partial charge in [-0.25, -0.2) is 0 Å². The molecule has 0 aliphatic carbocycles.